The minimum absolute atomic E-state index is 0.0423. The fourth-order valence-electron chi connectivity index (χ4n) is 1.90. The Kier molecular flexibility index (Phi) is 3.07. The van der Waals surface area contributed by atoms with Gasteiger partial charge in [0, 0.05) is 16.1 Å². The normalized spacial score (nSPS) is 10.6. The van der Waals surface area contributed by atoms with E-state index < -0.39 is 0 Å². The largest absolute Gasteiger partial charge is 0.466 e. The Morgan fingerprint density at radius 3 is 2.41 bits per heavy atom. The number of benzene rings is 1. The molecule has 0 saturated carbocycles. The number of aryl methyl sites for hydroxylation is 2. The lowest BCUT2D eigenvalue weighted by molar-refractivity contribution is 0.103. The van der Waals surface area contributed by atoms with Crippen molar-refractivity contribution in [2.24, 2.45) is 0 Å². The third-order valence-corrected chi connectivity index (χ3v) is 3.11. The summed E-state index contributed by atoms with van der Waals surface area (Å²) in [5.74, 6) is 1.40. The molecule has 0 atom stereocenters. The van der Waals surface area contributed by atoms with Gasteiger partial charge in [-0.25, -0.2) is 0 Å². The molecule has 0 aliphatic heterocycles. The Morgan fingerprint density at radius 1 is 1.18 bits per heavy atom. The molecule has 3 heteroatoms. The first-order valence-corrected chi connectivity index (χ1v) is 5.75. The molecule has 1 aromatic heterocycles. The maximum absolute atomic E-state index is 12.3. The SMILES string of the molecule is Cc1oc(C)c(C(=O)c2cccc(Cl)c2)c1C. The second kappa shape index (κ2) is 4.38. The first kappa shape index (κ1) is 11.9. The average Bonchev–Trinajstić information content (AvgIpc) is 2.52. The summed E-state index contributed by atoms with van der Waals surface area (Å²) in [6, 6.07) is 6.95. The Morgan fingerprint density at radius 2 is 1.88 bits per heavy atom. The molecule has 17 heavy (non-hydrogen) atoms. The summed E-state index contributed by atoms with van der Waals surface area (Å²) in [7, 11) is 0. The van der Waals surface area contributed by atoms with Gasteiger partial charge >= 0.3 is 0 Å². The monoisotopic (exact) mass is 248 g/mol. The van der Waals surface area contributed by atoms with Crippen LogP contribution >= 0.6 is 11.6 Å². The van der Waals surface area contributed by atoms with Gasteiger partial charge in [0.25, 0.3) is 0 Å². The molecule has 1 aromatic carbocycles. The van der Waals surface area contributed by atoms with Gasteiger partial charge in [-0.15, -0.1) is 0 Å². The predicted octanol–water partition coefficient (Wildman–Crippen LogP) is 4.09. The molecule has 0 bridgehead atoms. The number of furan rings is 1. The zero-order chi connectivity index (χ0) is 12.6. The lowest BCUT2D eigenvalue weighted by atomic mass is 10.00. The molecule has 2 rings (SSSR count). The van der Waals surface area contributed by atoms with Crippen LogP contribution in [0.15, 0.2) is 28.7 Å². The van der Waals surface area contributed by atoms with Gasteiger partial charge in [-0.2, -0.15) is 0 Å². The topological polar surface area (TPSA) is 30.2 Å². The zero-order valence-electron chi connectivity index (χ0n) is 10.0. The Balaban J connectivity index is 2.51. The molecule has 0 aliphatic carbocycles. The highest BCUT2D eigenvalue weighted by atomic mass is 35.5. The molecule has 0 saturated heterocycles. The van der Waals surface area contributed by atoms with E-state index in [2.05, 4.69) is 0 Å². The molecule has 0 spiro atoms. The molecular formula is C14H13ClO2. The number of rotatable bonds is 2. The molecule has 88 valence electrons. The van der Waals surface area contributed by atoms with Crippen LogP contribution in [0.25, 0.3) is 0 Å². The summed E-state index contributed by atoms with van der Waals surface area (Å²) in [5.41, 5.74) is 2.13. The Labute approximate surface area is 105 Å². The fraction of sp³-hybridized carbons (Fsp3) is 0.214. The predicted molar refractivity (Wildman–Crippen MR) is 67.8 cm³/mol. The van der Waals surface area contributed by atoms with E-state index in [1.807, 2.05) is 13.8 Å². The van der Waals surface area contributed by atoms with E-state index in [0.29, 0.717) is 21.9 Å². The van der Waals surface area contributed by atoms with E-state index in [9.17, 15) is 4.79 Å². The van der Waals surface area contributed by atoms with E-state index in [1.54, 1.807) is 31.2 Å². The highest BCUT2D eigenvalue weighted by Gasteiger charge is 2.19. The molecule has 2 aromatic rings. The van der Waals surface area contributed by atoms with Crippen LogP contribution in [0, 0.1) is 20.8 Å². The Bertz CT molecular complexity index is 582. The lowest BCUT2D eigenvalue weighted by Crippen LogP contribution is -2.03. The van der Waals surface area contributed by atoms with E-state index in [1.165, 1.54) is 0 Å². The minimum Gasteiger partial charge on any atom is -0.466 e. The van der Waals surface area contributed by atoms with E-state index in [0.717, 1.165) is 11.3 Å². The van der Waals surface area contributed by atoms with Gasteiger partial charge in [0.2, 0.25) is 0 Å². The third kappa shape index (κ3) is 2.13. The fourth-order valence-corrected chi connectivity index (χ4v) is 2.09. The molecule has 1 heterocycles. The summed E-state index contributed by atoms with van der Waals surface area (Å²) >= 11 is 5.89. The van der Waals surface area contributed by atoms with Crippen LogP contribution in [-0.2, 0) is 0 Å². The smallest absolute Gasteiger partial charge is 0.196 e. The van der Waals surface area contributed by atoms with Gasteiger partial charge in [0.05, 0.1) is 5.56 Å². The highest BCUT2D eigenvalue weighted by molar-refractivity contribution is 6.31. The maximum Gasteiger partial charge on any atom is 0.196 e. The van der Waals surface area contributed by atoms with Crippen molar-refractivity contribution in [3.8, 4) is 0 Å². The second-order valence-electron chi connectivity index (χ2n) is 4.05. The number of ketones is 1. The van der Waals surface area contributed by atoms with Gasteiger partial charge in [-0.3, -0.25) is 4.79 Å². The summed E-state index contributed by atoms with van der Waals surface area (Å²) in [6.07, 6.45) is 0. The van der Waals surface area contributed by atoms with Crippen LogP contribution in [-0.4, -0.2) is 5.78 Å². The minimum atomic E-state index is -0.0423. The first-order chi connectivity index (χ1) is 8.00. The lowest BCUT2D eigenvalue weighted by Gasteiger charge is -2.01. The van der Waals surface area contributed by atoms with Crippen molar-refractivity contribution in [3.63, 3.8) is 0 Å². The van der Waals surface area contributed by atoms with E-state index in [4.69, 9.17) is 16.0 Å². The van der Waals surface area contributed by atoms with Gasteiger partial charge in [0.15, 0.2) is 5.78 Å². The molecule has 0 unspecified atom stereocenters. The number of carbonyl (C=O) groups is 1. The van der Waals surface area contributed by atoms with Gasteiger partial charge < -0.3 is 4.42 Å². The summed E-state index contributed by atoms with van der Waals surface area (Å²) in [6.45, 7) is 5.55. The maximum atomic E-state index is 12.3. The molecule has 0 amide bonds. The van der Waals surface area contributed by atoms with Crippen LogP contribution in [0.3, 0.4) is 0 Å². The van der Waals surface area contributed by atoms with Crippen LogP contribution in [0.5, 0.6) is 0 Å². The van der Waals surface area contributed by atoms with Crippen molar-refractivity contribution >= 4 is 17.4 Å². The van der Waals surface area contributed by atoms with Crippen molar-refractivity contribution < 1.29 is 9.21 Å². The molecule has 0 radical (unpaired) electrons. The van der Waals surface area contributed by atoms with E-state index >= 15 is 0 Å². The average molecular weight is 249 g/mol. The molecule has 2 nitrogen and oxygen atoms in total. The van der Waals surface area contributed by atoms with Crippen LogP contribution in [0.2, 0.25) is 5.02 Å². The van der Waals surface area contributed by atoms with Crippen molar-refractivity contribution in [2.75, 3.05) is 0 Å². The van der Waals surface area contributed by atoms with Gasteiger partial charge in [0.1, 0.15) is 11.5 Å². The summed E-state index contributed by atoms with van der Waals surface area (Å²) < 4.78 is 5.46. The molecule has 0 fully saturated rings. The van der Waals surface area contributed by atoms with Crippen molar-refractivity contribution in [1.82, 2.24) is 0 Å². The number of hydrogen-bond donors (Lipinski definition) is 0. The van der Waals surface area contributed by atoms with Gasteiger partial charge in [-0.05, 0) is 32.9 Å². The molecule has 0 N–H and O–H groups in total. The molecular weight excluding hydrogens is 236 g/mol. The van der Waals surface area contributed by atoms with Crippen molar-refractivity contribution in [3.05, 3.63) is 57.5 Å². The van der Waals surface area contributed by atoms with Crippen LogP contribution in [0.1, 0.15) is 33.0 Å². The van der Waals surface area contributed by atoms with Crippen LogP contribution in [0.4, 0.5) is 0 Å². The second-order valence-corrected chi connectivity index (χ2v) is 4.49. The summed E-state index contributed by atoms with van der Waals surface area (Å²) in [5, 5.41) is 0.561. The standard InChI is InChI=1S/C14H13ClO2/c1-8-9(2)17-10(3)13(8)14(16)11-5-4-6-12(15)7-11/h4-7H,1-3H3. The molecule has 0 aliphatic rings. The van der Waals surface area contributed by atoms with Gasteiger partial charge in [-0.1, -0.05) is 23.7 Å². The number of halogens is 1. The highest BCUT2D eigenvalue weighted by Crippen LogP contribution is 2.24. The summed E-state index contributed by atoms with van der Waals surface area (Å²) in [4.78, 5) is 12.3. The quantitative estimate of drug-likeness (QED) is 0.750. The van der Waals surface area contributed by atoms with Crippen LogP contribution < -0.4 is 0 Å². The van der Waals surface area contributed by atoms with Crippen molar-refractivity contribution in [1.29, 1.82) is 0 Å². The zero-order valence-corrected chi connectivity index (χ0v) is 10.8. The van der Waals surface area contributed by atoms with Crippen molar-refractivity contribution in [2.45, 2.75) is 20.8 Å². The number of carbonyl (C=O) groups excluding carboxylic acids is 1. The third-order valence-electron chi connectivity index (χ3n) is 2.88. The van der Waals surface area contributed by atoms with E-state index in [-0.39, 0.29) is 5.78 Å². The Hall–Kier alpha value is -1.54. The first-order valence-electron chi connectivity index (χ1n) is 5.37. The number of hydrogen-bond acceptors (Lipinski definition) is 2.